The van der Waals surface area contributed by atoms with Gasteiger partial charge in [-0.05, 0) is 17.7 Å². The third-order valence-corrected chi connectivity index (χ3v) is 1.92. The number of pyridine rings is 1. The van der Waals surface area contributed by atoms with E-state index in [1.807, 2.05) is 0 Å². The molecular formula is C8H7ClF2N2O. The zero-order valence-corrected chi connectivity index (χ0v) is 7.76. The fraction of sp³-hybridized carbons (Fsp3) is 0.250. The first-order chi connectivity index (χ1) is 6.57. The van der Waals surface area contributed by atoms with Crippen LogP contribution in [0, 0.1) is 0 Å². The number of nitrogens with two attached hydrogens (primary N) is 1. The Bertz CT molecular complexity index is 357. The lowest BCUT2D eigenvalue weighted by Crippen LogP contribution is -2.10. The first kappa shape index (κ1) is 11.0. The van der Waals surface area contributed by atoms with E-state index in [4.69, 9.17) is 17.3 Å². The Labute approximate surface area is 83.9 Å². The van der Waals surface area contributed by atoms with E-state index in [1.165, 1.54) is 6.07 Å². The molecular weight excluding hydrogens is 214 g/mol. The number of nitrogens with zero attached hydrogens (tertiary/aromatic N) is 1. The van der Waals surface area contributed by atoms with Crippen LogP contribution in [0.15, 0.2) is 12.3 Å². The van der Waals surface area contributed by atoms with Gasteiger partial charge in [-0.2, -0.15) is 0 Å². The van der Waals surface area contributed by atoms with Crippen molar-refractivity contribution in [3.05, 3.63) is 29.1 Å². The molecule has 1 aromatic rings. The molecule has 0 amide bonds. The highest BCUT2D eigenvalue weighted by Gasteiger charge is 2.19. The zero-order chi connectivity index (χ0) is 10.7. The van der Waals surface area contributed by atoms with E-state index >= 15 is 0 Å². The molecule has 76 valence electrons. The lowest BCUT2D eigenvalue weighted by Gasteiger charge is -2.08. The standard InChI is InChI=1S/C8H7ClF2N2O/c9-7(14)4-1-2-13-6(8(10)11)5(4)3-12/h1-2,8H,3,12H2. The summed E-state index contributed by atoms with van der Waals surface area (Å²) in [6, 6.07) is 1.27. The minimum absolute atomic E-state index is 0.00231. The van der Waals surface area contributed by atoms with Crippen molar-refractivity contribution >= 4 is 16.8 Å². The summed E-state index contributed by atoms with van der Waals surface area (Å²) >= 11 is 5.20. The SMILES string of the molecule is NCc1c(C(=O)Cl)ccnc1C(F)F. The largest absolute Gasteiger partial charge is 0.326 e. The molecule has 1 aromatic heterocycles. The number of rotatable bonds is 3. The molecule has 0 radical (unpaired) electrons. The van der Waals surface area contributed by atoms with Gasteiger partial charge in [0, 0.05) is 23.9 Å². The summed E-state index contributed by atoms with van der Waals surface area (Å²) in [6.45, 7) is -0.193. The number of hydrogen-bond acceptors (Lipinski definition) is 3. The van der Waals surface area contributed by atoms with Crippen LogP contribution >= 0.6 is 11.6 Å². The van der Waals surface area contributed by atoms with E-state index in [-0.39, 0.29) is 17.7 Å². The molecule has 0 unspecified atom stereocenters. The van der Waals surface area contributed by atoms with E-state index in [0.717, 1.165) is 6.20 Å². The highest BCUT2D eigenvalue weighted by Crippen LogP contribution is 2.23. The van der Waals surface area contributed by atoms with Gasteiger partial charge in [0.25, 0.3) is 11.7 Å². The van der Waals surface area contributed by atoms with Crippen LogP contribution in [0.2, 0.25) is 0 Å². The summed E-state index contributed by atoms with van der Waals surface area (Å²) in [5, 5.41) is -0.810. The van der Waals surface area contributed by atoms with Crippen LogP contribution in [-0.2, 0) is 6.54 Å². The molecule has 1 rings (SSSR count). The predicted molar refractivity (Wildman–Crippen MR) is 47.3 cm³/mol. The van der Waals surface area contributed by atoms with Crippen molar-refractivity contribution in [1.29, 1.82) is 0 Å². The van der Waals surface area contributed by atoms with Gasteiger partial charge in [0.1, 0.15) is 5.69 Å². The van der Waals surface area contributed by atoms with E-state index in [2.05, 4.69) is 4.98 Å². The minimum atomic E-state index is -2.76. The average Bonchev–Trinajstić information content (AvgIpc) is 2.16. The monoisotopic (exact) mass is 220 g/mol. The summed E-state index contributed by atoms with van der Waals surface area (Å²) in [7, 11) is 0. The van der Waals surface area contributed by atoms with E-state index in [1.54, 1.807) is 0 Å². The molecule has 0 saturated heterocycles. The predicted octanol–water partition coefficient (Wildman–Crippen LogP) is 1.86. The molecule has 0 aliphatic heterocycles. The Morgan fingerprint density at radius 3 is 2.71 bits per heavy atom. The fourth-order valence-corrected chi connectivity index (χ4v) is 1.27. The van der Waals surface area contributed by atoms with Gasteiger partial charge in [-0.1, -0.05) is 0 Å². The van der Waals surface area contributed by atoms with Crippen molar-refractivity contribution in [3.63, 3.8) is 0 Å². The zero-order valence-electron chi connectivity index (χ0n) is 7.01. The van der Waals surface area contributed by atoms with E-state index in [0.29, 0.717) is 0 Å². The molecule has 0 fully saturated rings. The van der Waals surface area contributed by atoms with Gasteiger partial charge in [0.05, 0.1) is 0 Å². The average molecular weight is 221 g/mol. The van der Waals surface area contributed by atoms with Crippen molar-refractivity contribution in [1.82, 2.24) is 4.98 Å². The first-order valence-corrected chi connectivity index (χ1v) is 4.11. The van der Waals surface area contributed by atoms with Crippen molar-refractivity contribution < 1.29 is 13.6 Å². The molecule has 3 nitrogen and oxygen atoms in total. The highest BCUT2D eigenvalue weighted by atomic mass is 35.5. The van der Waals surface area contributed by atoms with Crippen molar-refractivity contribution in [3.8, 4) is 0 Å². The van der Waals surface area contributed by atoms with Crippen LogP contribution < -0.4 is 5.73 Å². The molecule has 0 spiro atoms. The molecule has 0 aliphatic rings. The van der Waals surface area contributed by atoms with Crippen LogP contribution in [0.1, 0.15) is 28.0 Å². The van der Waals surface area contributed by atoms with Crippen LogP contribution in [0.5, 0.6) is 0 Å². The maximum atomic E-state index is 12.4. The quantitative estimate of drug-likeness (QED) is 0.791. The Morgan fingerprint density at radius 1 is 1.64 bits per heavy atom. The number of carbonyl (C=O) groups is 1. The summed E-state index contributed by atoms with van der Waals surface area (Å²) in [5.74, 6) is 0. The van der Waals surface area contributed by atoms with Crippen LogP contribution in [0.4, 0.5) is 8.78 Å². The maximum Gasteiger partial charge on any atom is 0.280 e. The van der Waals surface area contributed by atoms with Gasteiger partial charge in [0.2, 0.25) is 0 Å². The Hall–Kier alpha value is -1.07. The summed E-state index contributed by atoms with van der Waals surface area (Å²) < 4.78 is 24.8. The second kappa shape index (κ2) is 4.43. The third-order valence-electron chi connectivity index (χ3n) is 1.71. The fourth-order valence-electron chi connectivity index (χ4n) is 1.10. The maximum absolute atomic E-state index is 12.4. The van der Waals surface area contributed by atoms with Crippen LogP contribution in [-0.4, -0.2) is 10.2 Å². The van der Waals surface area contributed by atoms with Crippen molar-refractivity contribution in [2.24, 2.45) is 5.73 Å². The Kier molecular flexibility index (Phi) is 3.49. The highest BCUT2D eigenvalue weighted by molar-refractivity contribution is 6.67. The summed E-state index contributed by atoms with van der Waals surface area (Å²) in [4.78, 5) is 14.3. The molecule has 2 N–H and O–H groups in total. The molecule has 0 aromatic carbocycles. The lowest BCUT2D eigenvalue weighted by molar-refractivity contribution is 0.107. The van der Waals surface area contributed by atoms with Crippen LogP contribution in [0.25, 0.3) is 0 Å². The summed E-state index contributed by atoms with van der Waals surface area (Å²) in [5.41, 5.74) is 4.74. The second-order valence-electron chi connectivity index (χ2n) is 2.50. The van der Waals surface area contributed by atoms with Gasteiger partial charge in [-0.25, -0.2) is 8.78 Å². The number of hydrogen-bond donors (Lipinski definition) is 1. The van der Waals surface area contributed by atoms with Gasteiger partial charge >= 0.3 is 0 Å². The molecule has 0 aliphatic carbocycles. The number of carbonyl (C=O) groups excluding carboxylic acids is 1. The third kappa shape index (κ3) is 2.05. The van der Waals surface area contributed by atoms with Crippen molar-refractivity contribution in [2.45, 2.75) is 13.0 Å². The topological polar surface area (TPSA) is 56.0 Å². The number of aromatic nitrogens is 1. The van der Waals surface area contributed by atoms with Gasteiger partial charge in [0.15, 0.2) is 0 Å². The van der Waals surface area contributed by atoms with Gasteiger partial charge < -0.3 is 5.73 Å². The number of halogens is 3. The molecule has 0 atom stereocenters. The van der Waals surface area contributed by atoms with Crippen LogP contribution in [0.3, 0.4) is 0 Å². The van der Waals surface area contributed by atoms with Crippen molar-refractivity contribution in [2.75, 3.05) is 0 Å². The van der Waals surface area contributed by atoms with Gasteiger partial charge in [-0.3, -0.25) is 9.78 Å². The Balaban J connectivity index is 3.32. The normalized spacial score (nSPS) is 10.6. The van der Waals surface area contributed by atoms with E-state index in [9.17, 15) is 13.6 Å². The Morgan fingerprint density at radius 2 is 2.29 bits per heavy atom. The molecule has 0 saturated carbocycles. The van der Waals surface area contributed by atoms with E-state index < -0.39 is 17.4 Å². The smallest absolute Gasteiger partial charge is 0.280 e. The molecule has 0 bridgehead atoms. The minimum Gasteiger partial charge on any atom is -0.326 e. The summed E-state index contributed by atoms with van der Waals surface area (Å²) in [6.07, 6.45) is -1.65. The van der Waals surface area contributed by atoms with Gasteiger partial charge in [-0.15, -0.1) is 0 Å². The number of alkyl halides is 2. The second-order valence-corrected chi connectivity index (χ2v) is 2.84. The molecule has 1 heterocycles. The molecule has 14 heavy (non-hydrogen) atoms. The first-order valence-electron chi connectivity index (χ1n) is 3.73. The lowest BCUT2D eigenvalue weighted by atomic mass is 10.1. The molecule has 6 heteroatoms.